The fraction of sp³-hybridized carbons (Fsp3) is 0.333. The fourth-order valence-corrected chi connectivity index (χ4v) is 4.50. The second-order valence-corrected chi connectivity index (χ2v) is 10.2. The van der Waals surface area contributed by atoms with Gasteiger partial charge in [-0.1, -0.05) is 11.6 Å². The lowest BCUT2D eigenvalue weighted by Crippen LogP contribution is -2.50. The summed E-state index contributed by atoms with van der Waals surface area (Å²) in [5, 5.41) is -0.491. The molecule has 160 valence electrons. The maximum absolute atomic E-state index is 13.2. The van der Waals surface area contributed by atoms with E-state index in [0.29, 0.717) is 31.7 Å². The summed E-state index contributed by atoms with van der Waals surface area (Å²) >= 11 is 5.97. The van der Waals surface area contributed by atoms with E-state index in [4.69, 9.17) is 11.6 Å². The number of carbonyl (C=O) groups is 2. The number of nitrogens with zero attached hydrogens (tertiary/aromatic N) is 2. The lowest BCUT2D eigenvalue weighted by Gasteiger charge is -2.35. The third-order valence-electron chi connectivity index (χ3n) is 5.07. The van der Waals surface area contributed by atoms with Crippen molar-refractivity contribution in [3.8, 4) is 0 Å². The highest BCUT2D eigenvalue weighted by molar-refractivity contribution is 7.92. The number of carbonyl (C=O) groups excluding carboxylic acids is 2. The monoisotopic (exact) mass is 452 g/mol. The zero-order chi connectivity index (χ0) is 22.1. The molecule has 2 aromatic carbocycles. The maximum atomic E-state index is 13.2. The number of sulfone groups is 1. The number of benzene rings is 2. The molecular weight excluding hydrogens is 431 g/mol. The molecule has 1 aliphatic heterocycles. The molecule has 6 nitrogen and oxygen atoms in total. The summed E-state index contributed by atoms with van der Waals surface area (Å²) in [6, 6.07) is 9.53. The van der Waals surface area contributed by atoms with Crippen LogP contribution in [-0.2, 0) is 9.84 Å². The van der Waals surface area contributed by atoms with E-state index in [1.165, 1.54) is 36.4 Å². The Morgan fingerprint density at radius 3 is 1.97 bits per heavy atom. The second kappa shape index (κ2) is 8.73. The molecular formula is C21H22ClFN2O4S. The molecule has 1 fully saturated rings. The molecule has 0 N–H and O–H groups in total. The lowest BCUT2D eigenvalue weighted by atomic mass is 10.1. The van der Waals surface area contributed by atoms with Crippen LogP contribution in [0.25, 0.3) is 0 Å². The van der Waals surface area contributed by atoms with Crippen molar-refractivity contribution in [3.63, 3.8) is 0 Å². The summed E-state index contributed by atoms with van der Waals surface area (Å²) < 4.78 is 37.6. The third kappa shape index (κ3) is 4.49. The van der Waals surface area contributed by atoms with Crippen molar-refractivity contribution >= 4 is 33.3 Å². The molecule has 2 amide bonds. The van der Waals surface area contributed by atoms with E-state index in [-0.39, 0.29) is 27.3 Å². The molecule has 0 saturated carbocycles. The van der Waals surface area contributed by atoms with Gasteiger partial charge in [-0.05, 0) is 56.3 Å². The molecule has 0 aliphatic carbocycles. The number of halogens is 2. The molecule has 1 heterocycles. The molecule has 0 radical (unpaired) electrons. The van der Waals surface area contributed by atoms with Crippen LogP contribution < -0.4 is 0 Å². The zero-order valence-electron chi connectivity index (χ0n) is 16.6. The Hall–Kier alpha value is -2.45. The molecule has 9 heteroatoms. The first kappa shape index (κ1) is 22.2. The van der Waals surface area contributed by atoms with Gasteiger partial charge in [-0.3, -0.25) is 9.59 Å². The van der Waals surface area contributed by atoms with Crippen LogP contribution in [0.1, 0.15) is 34.6 Å². The number of hydrogen-bond acceptors (Lipinski definition) is 4. The zero-order valence-corrected chi connectivity index (χ0v) is 18.2. The van der Waals surface area contributed by atoms with E-state index >= 15 is 0 Å². The SMILES string of the molecule is CC(C)S(=O)(=O)c1ccc(C(=O)N2CCN(C(=O)c3ccc(F)cc3Cl)CC2)cc1. The molecule has 0 atom stereocenters. The van der Waals surface area contributed by atoms with Crippen LogP contribution >= 0.6 is 11.6 Å². The summed E-state index contributed by atoms with van der Waals surface area (Å²) in [7, 11) is -3.40. The van der Waals surface area contributed by atoms with Crippen molar-refractivity contribution in [1.29, 1.82) is 0 Å². The Labute approximate surface area is 180 Å². The minimum absolute atomic E-state index is 0.0509. The molecule has 0 unspecified atom stereocenters. The van der Waals surface area contributed by atoms with Gasteiger partial charge in [-0.25, -0.2) is 12.8 Å². The number of hydrogen-bond donors (Lipinski definition) is 0. The first-order chi connectivity index (χ1) is 14.1. The Morgan fingerprint density at radius 1 is 0.933 bits per heavy atom. The van der Waals surface area contributed by atoms with Gasteiger partial charge in [0.05, 0.1) is 20.7 Å². The maximum Gasteiger partial charge on any atom is 0.255 e. The first-order valence-electron chi connectivity index (χ1n) is 9.49. The Bertz CT molecular complexity index is 1060. The van der Waals surface area contributed by atoms with Crippen LogP contribution in [0.4, 0.5) is 4.39 Å². The Balaban J connectivity index is 1.65. The average molecular weight is 453 g/mol. The quantitative estimate of drug-likeness (QED) is 0.713. The van der Waals surface area contributed by atoms with E-state index in [1.54, 1.807) is 23.6 Å². The first-order valence-corrected chi connectivity index (χ1v) is 11.4. The van der Waals surface area contributed by atoms with Crippen LogP contribution in [0.5, 0.6) is 0 Å². The number of rotatable bonds is 4. The molecule has 0 bridgehead atoms. The van der Waals surface area contributed by atoms with E-state index in [2.05, 4.69) is 0 Å². The largest absolute Gasteiger partial charge is 0.335 e. The number of amides is 2. The van der Waals surface area contributed by atoms with Crippen molar-refractivity contribution in [2.45, 2.75) is 24.0 Å². The van der Waals surface area contributed by atoms with Gasteiger partial charge in [0.15, 0.2) is 9.84 Å². The minimum Gasteiger partial charge on any atom is -0.335 e. The molecule has 3 rings (SSSR count). The van der Waals surface area contributed by atoms with Gasteiger partial charge in [0, 0.05) is 31.7 Å². The van der Waals surface area contributed by atoms with Crippen molar-refractivity contribution in [1.82, 2.24) is 9.80 Å². The predicted molar refractivity (Wildman–Crippen MR) is 112 cm³/mol. The van der Waals surface area contributed by atoms with Crippen LogP contribution in [0.2, 0.25) is 5.02 Å². The standard InChI is InChI=1S/C21H22ClFN2O4S/c1-14(2)30(28,29)17-6-3-15(4-7-17)20(26)24-9-11-25(12-10-24)21(27)18-8-5-16(23)13-19(18)22/h3-8,13-14H,9-12H2,1-2H3. The van der Waals surface area contributed by atoms with E-state index in [1.807, 2.05) is 0 Å². The van der Waals surface area contributed by atoms with Crippen LogP contribution in [0.15, 0.2) is 47.4 Å². The molecule has 2 aromatic rings. The van der Waals surface area contributed by atoms with Crippen molar-refractivity contribution in [2.75, 3.05) is 26.2 Å². The summed E-state index contributed by atoms with van der Waals surface area (Å²) in [6.45, 7) is 4.50. The van der Waals surface area contributed by atoms with Gasteiger partial charge in [-0.15, -0.1) is 0 Å². The summed E-state index contributed by atoms with van der Waals surface area (Å²) in [5.74, 6) is -1.05. The molecule has 0 aromatic heterocycles. The fourth-order valence-electron chi connectivity index (χ4n) is 3.19. The van der Waals surface area contributed by atoms with Gasteiger partial charge in [0.1, 0.15) is 5.82 Å². The van der Waals surface area contributed by atoms with E-state index in [0.717, 1.165) is 6.07 Å². The molecule has 30 heavy (non-hydrogen) atoms. The highest BCUT2D eigenvalue weighted by Gasteiger charge is 2.27. The van der Waals surface area contributed by atoms with Crippen molar-refractivity contribution in [2.24, 2.45) is 0 Å². The smallest absolute Gasteiger partial charge is 0.255 e. The highest BCUT2D eigenvalue weighted by atomic mass is 35.5. The predicted octanol–water partition coefficient (Wildman–Crippen LogP) is 3.26. The summed E-state index contributed by atoms with van der Waals surface area (Å²) in [4.78, 5) is 28.7. The number of piperazine rings is 1. The van der Waals surface area contributed by atoms with Crippen LogP contribution in [0.3, 0.4) is 0 Å². The average Bonchev–Trinajstić information content (AvgIpc) is 2.73. The lowest BCUT2D eigenvalue weighted by molar-refractivity contribution is 0.0535. The molecule has 0 spiro atoms. The highest BCUT2D eigenvalue weighted by Crippen LogP contribution is 2.21. The second-order valence-electron chi connectivity index (χ2n) is 7.33. The van der Waals surface area contributed by atoms with Crippen LogP contribution in [0, 0.1) is 5.82 Å². The molecule has 1 saturated heterocycles. The van der Waals surface area contributed by atoms with Gasteiger partial charge in [0.2, 0.25) is 0 Å². The van der Waals surface area contributed by atoms with Gasteiger partial charge >= 0.3 is 0 Å². The van der Waals surface area contributed by atoms with Crippen molar-refractivity contribution in [3.05, 3.63) is 64.4 Å². The summed E-state index contributed by atoms with van der Waals surface area (Å²) in [6.07, 6.45) is 0. The van der Waals surface area contributed by atoms with Gasteiger partial charge in [-0.2, -0.15) is 0 Å². The van der Waals surface area contributed by atoms with E-state index in [9.17, 15) is 22.4 Å². The minimum atomic E-state index is -3.40. The Kier molecular flexibility index (Phi) is 6.47. The van der Waals surface area contributed by atoms with Crippen molar-refractivity contribution < 1.29 is 22.4 Å². The third-order valence-corrected chi connectivity index (χ3v) is 7.55. The topological polar surface area (TPSA) is 74.8 Å². The molecule has 1 aliphatic rings. The normalized spacial score (nSPS) is 14.8. The van der Waals surface area contributed by atoms with Gasteiger partial charge in [0.25, 0.3) is 11.8 Å². The summed E-state index contributed by atoms with van der Waals surface area (Å²) in [5.41, 5.74) is 0.610. The van der Waals surface area contributed by atoms with E-state index < -0.39 is 20.9 Å². The van der Waals surface area contributed by atoms with Crippen LogP contribution in [-0.4, -0.2) is 61.5 Å². The Morgan fingerprint density at radius 2 is 1.47 bits per heavy atom. The van der Waals surface area contributed by atoms with Gasteiger partial charge < -0.3 is 9.80 Å².